The highest BCUT2D eigenvalue weighted by atomic mass is 16.2. The number of hydrogen-bond acceptors (Lipinski definition) is 2. The van der Waals surface area contributed by atoms with Gasteiger partial charge in [-0.2, -0.15) is 0 Å². The van der Waals surface area contributed by atoms with E-state index in [0.29, 0.717) is 12.8 Å². The molecule has 2 rings (SSSR count). The molecular weight excluding hydrogens is 216 g/mol. The van der Waals surface area contributed by atoms with Crippen molar-refractivity contribution in [3.05, 3.63) is 29.6 Å². The van der Waals surface area contributed by atoms with Crippen molar-refractivity contribution in [2.24, 2.45) is 0 Å². The maximum Gasteiger partial charge on any atom is 0.249 e. The van der Waals surface area contributed by atoms with Crippen LogP contribution in [0.2, 0.25) is 0 Å². The molecule has 0 bridgehead atoms. The van der Waals surface area contributed by atoms with E-state index < -0.39 is 0 Å². The second-order valence-corrected chi connectivity index (χ2v) is 4.26. The number of aromatic nitrogens is 1. The molecule has 0 spiro atoms. The van der Waals surface area contributed by atoms with Crippen LogP contribution < -0.4 is 5.32 Å². The molecule has 1 aliphatic rings. The van der Waals surface area contributed by atoms with E-state index in [1.807, 2.05) is 42.8 Å². The number of carbonyl (C=O) groups excluding carboxylic acids is 2. The van der Waals surface area contributed by atoms with Gasteiger partial charge in [-0.05, 0) is 38.0 Å². The smallest absolute Gasteiger partial charge is 0.249 e. The molecule has 1 saturated heterocycles. The van der Waals surface area contributed by atoms with Crippen LogP contribution in [0, 0.1) is 6.92 Å². The number of rotatable bonds is 2. The first-order valence-electron chi connectivity index (χ1n) is 5.77. The van der Waals surface area contributed by atoms with Crippen LogP contribution in [0.15, 0.2) is 18.3 Å². The zero-order chi connectivity index (χ0) is 12.4. The fraction of sp³-hybridized carbons (Fsp3) is 0.385. The third-order valence-corrected chi connectivity index (χ3v) is 3.04. The van der Waals surface area contributed by atoms with Crippen LogP contribution in [0.1, 0.15) is 37.1 Å². The predicted molar refractivity (Wildman–Crippen MR) is 65.3 cm³/mol. The van der Waals surface area contributed by atoms with Crippen molar-refractivity contribution in [3.8, 4) is 0 Å². The normalized spacial score (nSPS) is 20.9. The summed E-state index contributed by atoms with van der Waals surface area (Å²) in [6.45, 7) is 3.96. The van der Waals surface area contributed by atoms with Crippen molar-refractivity contribution in [1.29, 1.82) is 0 Å². The fourth-order valence-electron chi connectivity index (χ4n) is 2.16. The Hall–Kier alpha value is -1.84. The predicted octanol–water partition coefficient (Wildman–Crippen LogP) is 1.81. The highest BCUT2D eigenvalue weighted by Crippen LogP contribution is 2.24. The Morgan fingerprint density at radius 2 is 2.24 bits per heavy atom. The van der Waals surface area contributed by atoms with Gasteiger partial charge < -0.3 is 4.57 Å². The maximum absolute atomic E-state index is 11.8. The van der Waals surface area contributed by atoms with E-state index in [9.17, 15) is 9.59 Å². The molecule has 0 radical (unpaired) electrons. The minimum absolute atomic E-state index is 0.178. The minimum Gasteiger partial charge on any atom is -0.335 e. The van der Waals surface area contributed by atoms with Crippen LogP contribution in [-0.2, 0) is 9.59 Å². The average Bonchev–Trinajstić information content (AvgIpc) is 2.62. The molecule has 2 heterocycles. The van der Waals surface area contributed by atoms with E-state index in [4.69, 9.17) is 0 Å². The Balaban J connectivity index is 2.34. The lowest BCUT2D eigenvalue weighted by atomic mass is 10.1. The molecule has 1 unspecified atom stereocenters. The van der Waals surface area contributed by atoms with Crippen LogP contribution >= 0.6 is 0 Å². The van der Waals surface area contributed by atoms with Gasteiger partial charge in [0.05, 0.1) is 0 Å². The fourth-order valence-corrected chi connectivity index (χ4v) is 2.16. The number of aryl methyl sites for hydroxylation is 1. The van der Waals surface area contributed by atoms with Gasteiger partial charge in [0, 0.05) is 18.3 Å². The first-order chi connectivity index (χ1) is 8.13. The van der Waals surface area contributed by atoms with Crippen LogP contribution in [0.25, 0.3) is 6.08 Å². The highest BCUT2D eigenvalue weighted by Gasteiger charge is 2.28. The highest BCUT2D eigenvalue weighted by molar-refractivity contribution is 5.99. The molecule has 1 fully saturated rings. The van der Waals surface area contributed by atoms with Crippen LogP contribution in [-0.4, -0.2) is 16.4 Å². The number of nitrogens with zero attached hydrogens (tertiary/aromatic N) is 1. The third-order valence-electron chi connectivity index (χ3n) is 3.04. The van der Waals surface area contributed by atoms with Crippen molar-refractivity contribution in [2.75, 3.05) is 0 Å². The van der Waals surface area contributed by atoms with Crippen molar-refractivity contribution < 1.29 is 9.59 Å². The number of allylic oxidation sites excluding steroid dienone is 1. The zero-order valence-electron chi connectivity index (χ0n) is 10.1. The molecule has 0 aliphatic carbocycles. The molecule has 1 aromatic rings. The van der Waals surface area contributed by atoms with Gasteiger partial charge in [-0.1, -0.05) is 6.08 Å². The molecule has 4 nitrogen and oxygen atoms in total. The van der Waals surface area contributed by atoms with Crippen molar-refractivity contribution in [3.63, 3.8) is 0 Å². The van der Waals surface area contributed by atoms with Crippen LogP contribution in [0.4, 0.5) is 0 Å². The molecule has 2 amide bonds. The average molecular weight is 232 g/mol. The summed E-state index contributed by atoms with van der Waals surface area (Å²) in [7, 11) is 0. The number of piperidine rings is 1. The summed E-state index contributed by atoms with van der Waals surface area (Å²) in [6.07, 6.45) is 6.82. The molecule has 1 N–H and O–H groups in total. The van der Waals surface area contributed by atoms with Gasteiger partial charge in [-0.25, -0.2) is 0 Å². The minimum atomic E-state index is -0.271. The van der Waals surface area contributed by atoms with Gasteiger partial charge in [0.15, 0.2) is 0 Å². The van der Waals surface area contributed by atoms with Gasteiger partial charge >= 0.3 is 0 Å². The Morgan fingerprint density at radius 3 is 2.88 bits per heavy atom. The lowest BCUT2D eigenvalue weighted by Crippen LogP contribution is -2.41. The molecule has 90 valence electrons. The third kappa shape index (κ3) is 2.16. The molecule has 0 aromatic carbocycles. The molecule has 0 saturated carbocycles. The van der Waals surface area contributed by atoms with Crippen molar-refractivity contribution in [2.45, 2.75) is 32.7 Å². The van der Waals surface area contributed by atoms with Crippen molar-refractivity contribution >= 4 is 17.9 Å². The van der Waals surface area contributed by atoms with Gasteiger partial charge in [-0.3, -0.25) is 14.9 Å². The second-order valence-electron chi connectivity index (χ2n) is 4.26. The number of imide groups is 1. The number of amides is 2. The standard InChI is InChI=1S/C13H16N2O2/c1-3-4-10-9(2)7-8-15(10)11-5-6-12(16)14-13(11)17/h3-4,7-8,11H,5-6H2,1-2H3,(H,14,16,17)/b4-3-. The Morgan fingerprint density at radius 1 is 1.47 bits per heavy atom. The number of carbonyl (C=O) groups is 2. The molecule has 1 aromatic heterocycles. The van der Waals surface area contributed by atoms with Crippen molar-refractivity contribution in [1.82, 2.24) is 9.88 Å². The Labute approximate surface area is 100 Å². The molecule has 1 aliphatic heterocycles. The summed E-state index contributed by atoms with van der Waals surface area (Å²) < 4.78 is 1.94. The van der Waals surface area contributed by atoms with E-state index in [1.54, 1.807) is 0 Å². The summed E-state index contributed by atoms with van der Waals surface area (Å²) in [6, 6.07) is 1.71. The van der Waals surface area contributed by atoms with E-state index in [0.717, 1.165) is 11.3 Å². The summed E-state index contributed by atoms with van der Waals surface area (Å²) in [4.78, 5) is 22.9. The number of hydrogen-bond donors (Lipinski definition) is 1. The van der Waals surface area contributed by atoms with Gasteiger partial charge in [0.25, 0.3) is 0 Å². The van der Waals surface area contributed by atoms with E-state index in [2.05, 4.69) is 5.32 Å². The monoisotopic (exact) mass is 232 g/mol. The maximum atomic E-state index is 11.8. The van der Waals surface area contributed by atoms with Gasteiger partial charge in [0.2, 0.25) is 11.8 Å². The summed E-state index contributed by atoms with van der Waals surface area (Å²) in [5.41, 5.74) is 2.16. The molecule has 1 atom stereocenters. The Kier molecular flexibility index (Phi) is 3.13. The lowest BCUT2D eigenvalue weighted by Gasteiger charge is -2.23. The van der Waals surface area contributed by atoms with E-state index in [-0.39, 0.29) is 17.9 Å². The van der Waals surface area contributed by atoms with E-state index in [1.165, 1.54) is 0 Å². The molecule has 17 heavy (non-hydrogen) atoms. The van der Waals surface area contributed by atoms with E-state index >= 15 is 0 Å². The first kappa shape index (κ1) is 11.6. The number of nitrogens with one attached hydrogen (secondary N) is 1. The Bertz CT molecular complexity index is 486. The lowest BCUT2D eigenvalue weighted by molar-refractivity contribution is -0.135. The SMILES string of the molecule is C/C=C\c1c(C)ccn1C1CCC(=O)NC1=O. The quantitative estimate of drug-likeness (QED) is 0.790. The summed E-state index contributed by atoms with van der Waals surface area (Å²) in [5, 5.41) is 2.38. The van der Waals surface area contributed by atoms with Crippen LogP contribution in [0.3, 0.4) is 0 Å². The topological polar surface area (TPSA) is 51.1 Å². The zero-order valence-corrected chi connectivity index (χ0v) is 10.1. The summed E-state index contributed by atoms with van der Waals surface area (Å²) >= 11 is 0. The first-order valence-corrected chi connectivity index (χ1v) is 5.77. The van der Waals surface area contributed by atoms with Gasteiger partial charge in [0.1, 0.15) is 6.04 Å². The van der Waals surface area contributed by atoms with Gasteiger partial charge in [-0.15, -0.1) is 0 Å². The second kappa shape index (κ2) is 4.57. The van der Waals surface area contributed by atoms with Crippen LogP contribution in [0.5, 0.6) is 0 Å². The molecule has 4 heteroatoms. The molecular formula is C13H16N2O2. The largest absolute Gasteiger partial charge is 0.335 e. The summed E-state index contributed by atoms with van der Waals surface area (Å²) in [5.74, 6) is -0.384.